The third-order valence-corrected chi connectivity index (χ3v) is 4.67. The van der Waals surface area contributed by atoms with Crippen LogP contribution in [0.5, 0.6) is 0 Å². The summed E-state index contributed by atoms with van der Waals surface area (Å²) in [7, 11) is -0.991. The Balaban J connectivity index is 2.72. The van der Waals surface area contributed by atoms with Gasteiger partial charge in [-0.25, -0.2) is 8.42 Å². The van der Waals surface area contributed by atoms with Gasteiger partial charge in [-0.2, -0.15) is 5.10 Å². The Bertz CT molecular complexity index is 511. The van der Waals surface area contributed by atoms with Gasteiger partial charge in [0.25, 0.3) is 0 Å². The van der Waals surface area contributed by atoms with Crippen LogP contribution in [0.4, 0.5) is 0 Å². The summed E-state index contributed by atoms with van der Waals surface area (Å²) in [4.78, 5) is 1.99. The Kier molecular flexibility index (Phi) is 5.36. The summed E-state index contributed by atoms with van der Waals surface area (Å²) in [5.41, 5.74) is 2.05. The molecule has 1 heterocycles. The Labute approximate surface area is 117 Å². The SMILES string of the molecule is CCn1nc(C)c(Br)c1CN(C)CCS(C)(=O)=O. The molecule has 5 nitrogen and oxygen atoms in total. The zero-order valence-electron chi connectivity index (χ0n) is 11.3. The van der Waals surface area contributed by atoms with Gasteiger partial charge in [0.15, 0.2) is 0 Å². The smallest absolute Gasteiger partial charge is 0.148 e. The summed E-state index contributed by atoms with van der Waals surface area (Å²) in [5, 5.41) is 4.42. The molecule has 0 fully saturated rings. The lowest BCUT2D eigenvalue weighted by molar-refractivity contribution is 0.332. The number of nitrogens with zero attached hydrogens (tertiary/aromatic N) is 3. The van der Waals surface area contributed by atoms with Gasteiger partial charge in [0.2, 0.25) is 0 Å². The van der Waals surface area contributed by atoms with E-state index in [0.717, 1.165) is 22.4 Å². The van der Waals surface area contributed by atoms with Gasteiger partial charge in [-0.1, -0.05) is 0 Å². The zero-order valence-corrected chi connectivity index (χ0v) is 13.7. The molecule has 18 heavy (non-hydrogen) atoms. The molecule has 7 heteroatoms. The average Bonchev–Trinajstić information content (AvgIpc) is 2.53. The predicted molar refractivity (Wildman–Crippen MR) is 76.4 cm³/mol. The molecule has 0 radical (unpaired) electrons. The van der Waals surface area contributed by atoms with E-state index in [1.165, 1.54) is 6.26 Å². The molecule has 0 saturated carbocycles. The van der Waals surface area contributed by atoms with Crippen molar-refractivity contribution in [1.29, 1.82) is 0 Å². The van der Waals surface area contributed by atoms with Gasteiger partial charge >= 0.3 is 0 Å². The minimum absolute atomic E-state index is 0.181. The normalized spacial score (nSPS) is 12.3. The van der Waals surface area contributed by atoms with E-state index in [1.807, 2.05) is 30.5 Å². The van der Waals surface area contributed by atoms with Crippen molar-refractivity contribution in [3.8, 4) is 0 Å². The molecule has 0 aliphatic rings. The van der Waals surface area contributed by atoms with Crippen molar-refractivity contribution >= 4 is 25.8 Å². The van der Waals surface area contributed by atoms with Gasteiger partial charge in [-0.3, -0.25) is 9.58 Å². The highest BCUT2D eigenvalue weighted by molar-refractivity contribution is 9.10. The number of aromatic nitrogens is 2. The minimum Gasteiger partial charge on any atom is -0.300 e. The van der Waals surface area contributed by atoms with Gasteiger partial charge in [-0.05, 0) is 36.8 Å². The van der Waals surface area contributed by atoms with Crippen molar-refractivity contribution in [3.05, 3.63) is 15.9 Å². The summed E-state index contributed by atoms with van der Waals surface area (Å²) in [6, 6.07) is 0. The van der Waals surface area contributed by atoms with Crippen molar-refractivity contribution in [1.82, 2.24) is 14.7 Å². The maximum absolute atomic E-state index is 11.1. The van der Waals surface area contributed by atoms with Crippen molar-refractivity contribution in [2.45, 2.75) is 26.9 Å². The lowest BCUT2D eigenvalue weighted by Crippen LogP contribution is -2.26. The van der Waals surface area contributed by atoms with Crippen LogP contribution in [0, 0.1) is 6.92 Å². The van der Waals surface area contributed by atoms with Crippen LogP contribution in [0.1, 0.15) is 18.3 Å². The van der Waals surface area contributed by atoms with Crippen molar-refractivity contribution in [2.75, 3.05) is 25.6 Å². The van der Waals surface area contributed by atoms with Crippen molar-refractivity contribution in [2.24, 2.45) is 0 Å². The third-order valence-electron chi connectivity index (χ3n) is 2.72. The standard InChI is InChI=1S/C11H20BrN3O2S/c1-5-15-10(11(12)9(2)13-15)8-14(3)6-7-18(4,16)17/h5-8H2,1-4H3. The van der Waals surface area contributed by atoms with Crippen LogP contribution in [-0.4, -0.2) is 48.7 Å². The molecule has 0 aliphatic carbocycles. The first-order valence-corrected chi connectivity index (χ1v) is 8.68. The summed E-state index contributed by atoms with van der Waals surface area (Å²) in [6.07, 6.45) is 1.26. The molecule has 0 bridgehead atoms. The molecular formula is C11H20BrN3O2S. The molecule has 1 aromatic heterocycles. The van der Waals surface area contributed by atoms with E-state index < -0.39 is 9.84 Å². The predicted octanol–water partition coefficient (Wildman–Crippen LogP) is 1.45. The third kappa shape index (κ3) is 4.37. The first kappa shape index (κ1) is 15.7. The molecule has 0 unspecified atom stereocenters. The van der Waals surface area contributed by atoms with Gasteiger partial charge in [-0.15, -0.1) is 0 Å². The van der Waals surface area contributed by atoms with Crippen LogP contribution in [0.3, 0.4) is 0 Å². The van der Waals surface area contributed by atoms with Crippen LogP contribution < -0.4 is 0 Å². The molecule has 0 aliphatic heterocycles. The van der Waals surface area contributed by atoms with E-state index in [9.17, 15) is 8.42 Å². The van der Waals surface area contributed by atoms with Crippen LogP contribution >= 0.6 is 15.9 Å². The Morgan fingerprint density at radius 2 is 2.06 bits per heavy atom. The maximum atomic E-state index is 11.1. The lowest BCUT2D eigenvalue weighted by Gasteiger charge is -2.17. The largest absolute Gasteiger partial charge is 0.300 e. The number of hydrogen-bond acceptors (Lipinski definition) is 4. The van der Waals surface area contributed by atoms with Crippen molar-refractivity contribution in [3.63, 3.8) is 0 Å². The molecule has 0 saturated heterocycles. The zero-order chi connectivity index (χ0) is 13.9. The topological polar surface area (TPSA) is 55.2 Å². The summed E-state index contributed by atoms with van der Waals surface area (Å²) in [6.45, 7) is 6.01. The molecule has 0 aromatic carbocycles. The molecule has 1 aromatic rings. The Morgan fingerprint density at radius 1 is 1.44 bits per heavy atom. The van der Waals surface area contributed by atoms with Gasteiger partial charge in [0.1, 0.15) is 9.84 Å². The van der Waals surface area contributed by atoms with Gasteiger partial charge in [0.05, 0.1) is 21.6 Å². The monoisotopic (exact) mass is 337 g/mol. The van der Waals surface area contributed by atoms with Crippen LogP contribution in [0.15, 0.2) is 4.47 Å². The maximum Gasteiger partial charge on any atom is 0.148 e. The highest BCUT2D eigenvalue weighted by Crippen LogP contribution is 2.22. The van der Waals surface area contributed by atoms with E-state index in [-0.39, 0.29) is 5.75 Å². The average molecular weight is 338 g/mol. The summed E-state index contributed by atoms with van der Waals surface area (Å²) in [5.74, 6) is 0.181. The van der Waals surface area contributed by atoms with Crippen LogP contribution in [0.25, 0.3) is 0 Å². The highest BCUT2D eigenvalue weighted by Gasteiger charge is 2.14. The second-order valence-corrected chi connectivity index (χ2v) is 7.58. The van der Waals surface area contributed by atoms with Gasteiger partial charge in [0, 0.05) is 25.9 Å². The molecule has 104 valence electrons. The lowest BCUT2D eigenvalue weighted by atomic mass is 10.3. The summed E-state index contributed by atoms with van der Waals surface area (Å²) >= 11 is 3.53. The van der Waals surface area contributed by atoms with E-state index in [2.05, 4.69) is 21.0 Å². The molecule has 0 spiro atoms. The number of rotatable bonds is 6. The van der Waals surface area contributed by atoms with Crippen LogP contribution in [0.2, 0.25) is 0 Å². The second kappa shape index (κ2) is 6.16. The van der Waals surface area contributed by atoms with E-state index >= 15 is 0 Å². The van der Waals surface area contributed by atoms with Crippen molar-refractivity contribution < 1.29 is 8.42 Å². The highest BCUT2D eigenvalue weighted by atomic mass is 79.9. The Morgan fingerprint density at radius 3 is 2.56 bits per heavy atom. The number of hydrogen-bond donors (Lipinski definition) is 0. The quantitative estimate of drug-likeness (QED) is 0.788. The Hall–Kier alpha value is -0.400. The second-order valence-electron chi connectivity index (χ2n) is 4.53. The van der Waals surface area contributed by atoms with E-state index in [4.69, 9.17) is 0 Å². The first-order chi connectivity index (χ1) is 8.24. The molecule has 0 atom stereocenters. The number of sulfone groups is 1. The number of halogens is 1. The fraction of sp³-hybridized carbons (Fsp3) is 0.727. The fourth-order valence-corrected chi connectivity index (χ4v) is 2.73. The minimum atomic E-state index is -2.91. The number of aryl methyl sites for hydroxylation is 2. The van der Waals surface area contributed by atoms with Gasteiger partial charge < -0.3 is 0 Å². The van der Waals surface area contributed by atoms with E-state index in [0.29, 0.717) is 13.1 Å². The molecule has 0 amide bonds. The van der Waals surface area contributed by atoms with Crippen LogP contribution in [-0.2, 0) is 22.9 Å². The fourth-order valence-electron chi connectivity index (χ4n) is 1.68. The summed E-state index contributed by atoms with van der Waals surface area (Å²) < 4.78 is 25.2. The van der Waals surface area contributed by atoms with E-state index in [1.54, 1.807) is 0 Å². The molecular weight excluding hydrogens is 318 g/mol. The molecule has 1 rings (SSSR count). The molecule has 0 N–H and O–H groups in total. The first-order valence-electron chi connectivity index (χ1n) is 5.82.